The number of anilines is 1. The molecule has 1 aromatic rings. The molecular formula is C13H20N2O. The largest absolute Gasteiger partial charge is 0.384 e. The third-order valence-corrected chi connectivity index (χ3v) is 2.68. The van der Waals surface area contributed by atoms with Gasteiger partial charge < -0.3 is 11.1 Å². The lowest BCUT2D eigenvalue weighted by molar-refractivity contribution is -0.120. The van der Waals surface area contributed by atoms with Crippen LogP contribution in [0.3, 0.4) is 0 Å². The normalized spacial score (nSPS) is 12.5. The van der Waals surface area contributed by atoms with Gasteiger partial charge in [0.25, 0.3) is 0 Å². The predicted molar refractivity (Wildman–Crippen MR) is 67.4 cm³/mol. The van der Waals surface area contributed by atoms with Gasteiger partial charge in [0.15, 0.2) is 0 Å². The SMILES string of the molecule is CC(CNc1ccc(C(C)C)cc1)C(N)=O. The summed E-state index contributed by atoms with van der Waals surface area (Å²) >= 11 is 0. The summed E-state index contributed by atoms with van der Waals surface area (Å²) in [7, 11) is 0. The molecule has 16 heavy (non-hydrogen) atoms. The number of hydrogen-bond acceptors (Lipinski definition) is 2. The Balaban J connectivity index is 2.52. The maximum Gasteiger partial charge on any atom is 0.222 e. The van der Waals surface area contributed by atoms with Crippen LogP contribution in [0.4, 0.5) is 5.69 Å². The Bertz CT molecular complexity index is 343. The molecule has 0 fully saturated rings. The number of hydrogen-bond donors (Lipinski definition) is 2. The zero-order valence-electron chi connectivity index (χ0n) is 10.2. The topological polar surface area (TPSA) is 55.1 Å². The van der Waals surface area contributed by atoms with Crippen molar-refractivity contribution in [1.29, 1.82) is 0 Å². The van der Waals surface area contributed by atoms with Crippen molar-refractivity contribution >= 4 is 11.6 Å². The maximum absolute atomic E-state index is 10.8. The molecule has 0 aliphatic rings. The van der Waals surface area contributed by atoms with E-state index in [-0.39, 0.29) is 11.8 Å². The highest BCUT2D eigenvalue weighted by molar-refractivity contribution is 5.76. The van der Waals surface area contributed by atoms with Crippen molar-refractivity contribution in [2.75, 3.05) is 11.9 Å². The van der Waals surface area contributed by atoms with Crippen molar-refractivity contribution in [2.45, 2.75) is 26.7 Å². The molecule has 1 unspecified atom stereocenters. The second-order valence-electron chi connectivity index (χ2n) is 4.46. The molecule has 0 spiro atoms. The number of rotatable bonds is 5. The van der Waals surface area contributed by atoms with E-state index in [2.05, 4.69) is 31.3 Å². The van der Waals surface area contributed by atoms with Gasteiger partial charge in [-0.1, -0.05) is 32.9 Å². The molecule has 1 atom stereocenters. The maximum atomic E-state index is 10.8. The Morgan fingerprint density at radius 2 is 1.81 bits per heavy atom. The van der Waals surface area contributed by atoms with E-state index < -0.39 is 0 Å². The Hall–Kier alpha value is -1.51. The summed E-state index contributed by atoms with van der Waals surface area (Å²) in [4.78, 5) is 10.8. The minimum absolute atomic E-state index is 0.148. The average molecular weight is 220 g/mol. The van der Waals surface area contributed by atoms with Gasteiger partial charge in [-0.25, -0.2) is 0 Å². The lowest BCUT2D eigenvalue weighted by Gasteiger charge is -2.11. The number of carbonyl (C=O) groups excluding carboxylic acids is 1. The highest BCUT2D eigenvalue weighted by atomic mass is 16.1. The smallest absolute Gasteiger partial charge is 0.222 e. The van der Waals surface area contributed by atoms with Crippen molar-refractivity contribution in [1.82, 2.24) is 0 Å². The summed E-state index contributed by atoms with van der Waals surface area (Å²) in [6.07, 6.45) is 0. The zero-order chi connectivity index (χ0) is 12.1. The lowest BCUT2D eigenvalue weighted by atomic mass is 10.0. The summed E-state index contributed by atoms with van der Waals surface area (Å²) in [5.41, 5.74) is 7.52. The number of benzene rings is 1. The molecule has 88 valence electrons. The minimum atomic E-state index is -0.272. The molecule has 0 saturated heterocycles. The van der Waals surface area contributed by atoms with Gasteiger partial charge in [0.05, 0.1) is 5.92 Å². The van der Waals surface area contributed by atoms with Crippen LogP contribution in [0.2, 0.25) is 0 Å². The molecule has 0 aromatic heterocycles. The molecule has 0 aliphatic heterocycles. The van der Waals surface area contributed by atoms with E-state index in [1.807, 2.05) is 19.1 Å². The van der Waals surface area contributed by atoms with Crippen molar-refractivity contribution in [3.8, 4) is 0 Å². The van der Waals surface area contributed by atoms with E-state index in [1.54, 1.807) is 0 Å². The Kier molecular flexibility index (Phi) is 4.35. The monoisotopic (exact) mass is 220 g/mol. The van der Waals surface area contributed by atoms with Crippen molar-refractivity contribution < 1.29 is 4.79 Å². The number of carbonyl (C=O) groups is 1. The first-order chi connectivity index (χ1) is 7.50. The van der Waals surface area contributed by atoms with Crippen LogP contribution in [0, 0.1) is 5.92 Å². The van der Waals surface area contributed by atoms with Gasteiger partial charge in [-0.15, -0.1) is 0 Å². The number of nitrogens with two attached hydrogens (primary N) is 1. The highest BCUT2D eigenvalue weighted by Crippen LogP contribution is 2.17. The molecular weight excluding hydrogens is 200 g/mol. The fourth-order valence-electron chi connectivity index (χ4n) is 1.36. The number of amides is 1. The molecule has 1 rings (SSSR count). The number of nitrogens with one attached hydrogen (secondary N) is 1. The molecule has 3 nitrogen and oxygen atoms in total. The molecule has 1 aromatic carbocycles. The van der Waals surface area contributed by atoms with Gasteiger partial charge >= 0.3 is 0 Å². The molecule has 3 N–H and O–H groups in total. The predicted octanol–water partition coefficient (Wildman–Crippen LogP) is 2.34. The van der Waals surface area contributed by atoms with Gasteiger partial charge in [-0.2, -0.15) is 0 Å². The summed E-state index contributed by atoms with van der Waals surface area (Å²) in [5.74, 6) is 0.120. The Morgan fingerprint density at radius 1 is 1.25 bits per heavy atom. The van der Waals surface area contributed by atoms with Crippen molar-refractivity contribution in [3.05, 3.63) is 29.8 Å². The van der Waals surface area contributed by atoms with Crippen LogP contribution in [0.15, 0.2) is 24.3 Å². The van der Waals surface area contributed by atoms with E-state index >= 15 is 0 Å². The Labute approximate surface area is 97.0 Å². The summed E-state index contributed by atoms with van der Waals surface area (Å²) < 4.78 is 0. The van der Waals surface area contributed by atoms with Crippen LogP contribution in [-0.4, -0.2) is 12.5 Å². The van der Waals surface area contributed by atoms with Gasteiger partial charge in [0.2, 0.25) is 5.91 Å². The molecule has 0 bridgehead atoms. The molecule has 0 heterocycles. The first-order valence-corrected chi connectivity index (χ1v) is 5.64. The highest BCUT2D eigenvalue weighted by Gasteiger charge is 2.07. The third-order valence-electron chi connectivity index (χ3n) is 2.68. The van der Waals surface area contributed by atoms with Gasteiger partial charge in [0.1, 0.15) is 0 Å². The quantitative estimate of drug-likeness (QED) is 0.800. The third kappa shape index (κ3) is 3.57. The first kappa shape index (κ1) is 12.6. The first-order valence-electron chi connectivity index (χ1n) is 5.64. The molecule has 3 heteroatoms. The molecule has 0 radical (unpaired) electrons. The minimum Gasteiger partial charge on any atom is -0.384 e. The van der Waals surface area contributed by atoms with Crippen molar-refractivity contribution in [3.63, 3.8) is 0 Å². The fourth-order valence-corrected chi connectivity index (χ4v) is 1.36. The standard InChI is InChI=1S/C13H20N2O/c1-9(2)11-4-6-12(7-5-11)15-8-10(3)13(14)16/h4-7,9-10,15H,8H2,1-3H3,(H2,14,16). The van der Waals surface area contributed by atoms with Crippen LogP contribution in [0.1, 0.15) is 32.3 Å². The van der Waals surface area contributed by atoms with E-state index in [0.29, 0.717) is 12.5 Å². The number of primary amides is 1. The zero-order valence-corrected chi connectivity index (χ0v) is 10.2. The van der Waals surface area contributed by atoms with Crippen LogP contribution in [0.25, 0.3) is 0 Å². The van der Waals surface area contributed by atoms with Crippen LogP contribution >= 0.6 is 0 Å². The summed E-state index contributed by atoms with van der Waals surface area (Å²) in [6, 6.07) is 8.26. The van der Waals surface area contributed by atoms with E-state index in [1.165, 1.54) is 5.56 Å². The van der Waals surface area contributed by atoms with Crippen LogP contribution in [0.5, 0.6) is 0 Å². The van der Waals surface area contributed by atoms with Crippen LogP contribution < -0.4 is 11.1 Å². The molecule has 0 aliphatic carbocycles. The van der Waals surface area contributed by atoms with E-state index in [0.717, 1.165) is 5.69 Å². The van der Waals surface area contributed by atoms with E-state index in [4.69, 9.17) is 5.73 Å². The Morgan fingerprint density at radius 3 is 2.25 bits per heavy atom. The fraction of sp³-hybridized carbons (Fsp3) is 0.462. The molecule has 0 saturated carbocycles. The molecule has 1 amide bonds. The second-order valence-corrected chi connectivity index (χ2v) is 4.46. The van der Waals surface area contributed by atoms with E-state index in [9.17, 15) is 4.79 Å². The van der Waals surface area contributed by atoms with Crippen LogP contribution in [-0.2, 0) is 4.79 Å². The van der Waals surface area contributed by atoms with Gasteiger partial charge in [-0.3, -0.25) is 4.79 Å². The second kappa shape index (κ2) is 5.54. The van der Waals surface area contributed by atoms with Gasteiger partial charge in [0, 0.05) is 12.2 Å². The average Bonchev–Trinajstić information content (AvgIpc) is 2.26. The summed E-state index contributed by atoms with van der Waals surface area (Å²) in [6.45, 7) is 6.73. The summed E-state index contributed by atoms with van der Waals surface area (Å²) in [5, 5.41) is 3.19. The lowest BCUT2D eigenvalue weighted by Crippen LogP contribution is -2.26. The van der Waals surface area contributed by atoms with Crippen molar-refractivity contribution in [2.24, 2.45) is 11.7 Å². The van der Waals surface area contributed by atoms with Gasteiger partial charge in [-0.05, 0) is 23.6 Å².